The van der Waals surface area contributed by atoms with Crippen LogP contribution in [-0.4, -0.2) is 18.9 Å². The lowest BCUT2D eigenvalue weighted by atomic mass is 10.00. The summed E-state index contributed by atoms with van der Waals surface area (Å²) in [4.78, 5) is 26.0. The average Bonchev–Trinajstić information content (AvgIpc) is 2.74. The molecule has 1 unspecified atom stereocenters. The fraction of sp³-hybridized carbons (Fsp3) is 0.125. The fourth-order valence-corrected chi connectivity index (χ4v) is 2.53. The number of fused-ring (bicyclic) bond motifs is 1. The van der Waals surface area contributed by atoms with Gasteiger partial charge in [0.25, 0.3) is 0 Å². The molecule has 4 nitrogen and oxygen atoms in total. The molecule has 0 aliphatic carbocycles. The number of hydrogen-bond acceptors (Lipinski definition) is 2. The number of benzene rings is 2. The van der Waals surface area contributed by atoms with Gasteiger partial charge in [0.05, 0.1) is 5.69 Å². The lowest BCUT2D eigenvalue weighted by molar-refractivity contribution is -0.126. The number of nitrogens with one attached hydrogen (secondary N) is 1. The van der Waals surface area contributed by atoms with Crippen molar-refractivity contribution < 1.29 is 18.4 Å². The molecule has 0 fully saturated rings. The maximum atomic E-state index is 13.6. The van der Waals surface area contributed by atoms with Gasteiger partial charge in [-0.15, -0.1) is 0 Å². The zero-order valence-electron chi connectivity index (χ0n) is 11.6. The third kappa shape index (κ3) is 2.22. The third-order valence-electron chi connectivity index (χ3n) is 3.64. The fourth-order valence-electron chi connectivity index (χ4n) is 2.53. The molecule has 112 valence electrons. The van der Waals surface area contributed by atoms with Gasteiger partial charge < -0.3 is 10.2 Å². The highest BCUT2D eigenvalue weighted by molar-refractivity contribution is 6.20. The van der Waals surface area contributed by atoms with Crippen molar-refractivity contribution in [2.75, 3.05) is 17.3 Å². The lowest BCUT2D eigenvalue weighted by Gasteiger charge is -2.12. The standard InChI is InChI=1S/C16H12F2N2O2/c1-20-13-5-3-2-4-10(13)14(16(20)22)15(21)19-12-7-6-9(17)8-11(12)18/h2-8,14H,1H3,(H,19,21). The van der Waals surface area contributed by atoms with E-state index in [9.17, 15) is 18.4 Å². The van der Waals surface area contributed by atoms with Gasteiger partial charge in [-0.1, -0.05) is 18.2 Å². The molecule has 1 N–H and O–H groups in total. The second kappa shape index (κ2) is 5.22. The van der Waals surface area contributed by atoms with Crippen molar-refractivity contribution in [3.05, 3.63) is 59.7 Å². The summed E-state index contributed by atoms with van der Waals surface area (Å²) in [6, 6.07) is 9.74. The Hall–Kier alpha value is -2.76. The van der Waals surface area contributed by atoms with Crippen LogP contribution in [0.5, 0.6) is 0 Å². The van der Waals surface area contributed by atoms with E-state index in [0.717, 1.165) is 12.1 Å². The molecule has 3 rings (SSSR count). The number of rotatable bonds is 2. The Labute approximate surface area is 125 Å². The van der Waals surface area contributed by atoms with Crippen molar-refractivity contribution in [3.63, 3.8) is 0 Å². The number of nitrogens with zero attached hydrogens (tertiary/aromatic N) is 1. The van der Waals surface area contributed by atoms with E-state index in [-0.39, 0.29) is 11.6 Å². The van der Waals surface area contributed by atoms with Crippen molar-refractivity contribution in [3.8, 4) is 0 Å². The number of halogens is 2. The SMILES string of the molecule is CN1C(=O)C(C(=O)Nc2ccc(F)cc2F)c2ccccc21. The van der Waals surface area contributed by atoms with Crippen LogP contribution in [0.2, 0.25) is 0 Å². The molecule has 0 saturated heterocycles. The Balaban J connectivity index is 1.91. The molecule has 0 spiro atoms. The summed E-state index contributed by atoms with van der Waals surface area (Å²) in [5, 5.41) is 2.34. The van der Waals surface area contributed by atoms with E-state index in [1.165, 1.54) is 4.90 Å². The van der Waals surface area contributed by atoms with Gasteiger partial charge in [-0.25, -0.2) is 8.78 Å². The molecule has 0 aromatic heterocycles. The average molecular weight is 302 g/mol. The van der Waals surface area contributed by atoms with Gasteiger partial charge in [0.15, 0.2) is 0 Å². The molecule has 1 heterocycles. The molecule has 6 heteroatoms. The van der Waals surface area contributed by atoms with Gasteiger partial charge in [-0.3, -0.25) is 9.59 Å². The van der Waals surface area contributed by atoms with Gasteiger partial charge in [0.1, 0.15) is 17.6 Å². The second-order valence-corrected chi connectivity index (χ2v) is 5.00. The predicted octanol–water partition coefficient (Wildman–Crippen LogP) is 2.66. The molecule has 22 heavy (non-hydrogen) atoms. The van der Waals surface area contributed by atoms with Crippen molar-refractivity contribution >= 4 is 23.2 Å². The molecule has 2 aromatic rings. The normalized spacial score (nSPS) is 16.6. The van der Waals surface area contributed by atoms with E-state index >= 15 is 0 Å². The minimum Gasteiger partial charge on any atom is -0.323 e. The summed E-state index contributed by atoms with van der Waals surface area (Å²) in [5.41, 5.74) is 1.05. The van der Waals surface area contributed by atoms with Gasteiger partial charge in [-0.2, -0.15) is 0 Å². The molecule has 2 amide bonds. The molecule has 0 radical (unpaired) electrons. The van der Waals surface area contributed by atoms with Crippen molar-refractivity contribution in [1.82, 2.24) is 0 Å². The maximum Gasteiger partial charge on any atom is 0.243 e. The van der Waals surface area contributed by atoms with Crippen LogP contribution >= 0.6 is 0 Å². The van der Waals surface area contributed by atoms with Gasteiger partial charge >= 0.3 is 0 Å². The number of carbonyl (C=O) groups excluding carboxylic acids is 2. The topological polar surface area (TPSA) is 49.4 Å². The van der Waals surface area contributed by atoms with E-state index in [1.54, 1.807) is 31.3 Å². The van der Waals surface area contributed by atoms with E-state index in [2.05, 4.69) is 5.32 Å². The monoisotopic (exact) mass is 302 g/mol. The van der Waals surface area contributed by atoms with Crippen LogP contribution in [-0.2, 0) is 9.59 Å². The summed E-state index contributed by atoms with van der Waals surface area (Å²) in [7, 11) is 1.58. The summed E-state index contributed by atoms with van der Waals surface area (Å²) < 4.78 is 26.5. The summed E-state index contributed by atoms with van der Waals surface area (Å²) in [5.74, 6) is -3.70. The molecule has 1 aliphatic heterocycles. The first-order valence-corrected chi connectivity index (χ1v) is 6.61. The van der Waals surface area contributed by atoms with Crippen LogP contribution in [0.3, 0.4) is 0 Å². The zero-order chi connectivity index (χ0) is 15.9. The van der Waals surface area contributed by atoms with Crippen LogP contribution < -0.4 is 10.2 Å². The van der Waals surface area contributed by atoms with E-state index in [4.69, 9.17) is 0 Å². The molecular formula is C16H12F2N2O2. The van der Waals surface area contributed by atoms with Crippen LogP contribution in [0.25, 0.3) is 0 Å². The highest BCUT2D eigenvalue weighted by Crippen LogP contribution is 2.36. The van der Waals surface area contributed by atoms with Crippen LogP contribution in [0.1, 0.15) is 11.5 Å². The summed E-state index contributed by atoms with van der Waals surface area (Å²) >= 11 is 0. The Morgan fingerprint density at radius 3 is 2.64 bits per heavy atom. The first-order chi connectivity index (χ1) is 10.5. The van der Waals surface area contributed by atoms with Gasteiger partial charge in [0.2, 0.25) is 11.8 Å². The molecule has 0 saturated carbocycles. The molecular weight excluding hydrogens is 290 g/mol. The highest BCUT2D eigenvalue weighted by atomic mass is 19.1. The Morgan fingerprint density at radius 1 is 1.18 bits per heavy atom. The number of hydrogen-bond donors (Lipinski definition) is 1. The molecule has 1 aliphatic rings. The van der Waals surface area contributed by atoms with Gasteiger partial charge in [0, 0.05) is 18.8 Å². The van der Waals surface area contributed by atoms with Crippen LogP contribution in [0.4, 0.5) is 20.2 Å². The summed E-state index contributed by atoms with van der Waals surface area (Å²) in [6.07, 6.45) is 0. The highest BCUT2D eigenvalue weighted by Gasteiger charge is 2.40. The first kappa shape index (κ1) is 14.2. The van der Waals surface area contributed by atoms with Crippen molar-refractivity contribution in [2.45, 2.75) is 5.92 Å². The quantitative estimate of drug-likeness (QED) is 0.867. The lowest BCUT2D eigenvalue weighted by Crippen LogP contribution is -2.31. The maximum absolute atomic E-state index is 13.6. The minimum absolute atomic E-state index is 0.161. The Kier molecular flexibility index (Phi) is 3.36. The number of para-hydroxylation sites is 1. The third-order valence-corrected chi connectivity index (χ3v) is 3.64. The number of carbonyl (C=O) groups is 2. The number of likely N-dealkylation sites (N-methyl/N-ethyl adjacent to an activating group) is 1. The smallest absolute Gasteiger partial charge is 0.243 e. The number of anilines is 2. The number of amides is 2. The van der Waals surface area contributed by atoms with E-state index in [0.29, 0.717) is 17.3 Å². The van der Waals surface area contributed by atoms with Crippen molar-refractivity contribution in [2.24, 2.45) is 0 Å². The van der Waals surface area contributed by atoms with E-state index < -0.39 is 23.5 Å². The minimum atomic E-state index is -1.04. The predicted molar refractivity (Wildman–Crippen MR) is 77.6 cm³/mol. The van der Waals surface area contributed by atoms with Gasteiger partial charge in [-0.05, 0) is 23.8 Å². The molecule has 2 aromatic carbocycles. The largest absolute Gasteiger partial charge is 0.323 e. The zero-order valence-corrected chi connectivity index (χ0v) is 11.6. The van der Waals surface area contributed by atoms with E-state index in [1.807, 2.05) is 0 Å². The van der Waals surface area contributed by atoms with Crippen LogP contribution in [0.15, 0.2) is 42.5 Å². The molecule has 1 atom stereocenters. The second-order valence-electron chi connectivity index (χ2n) is 5.00. The Bertz CT molecular complexity index is 776. The van der Waals surface area contributed by atoms with Crippen molar-refractivity contribution in [1.29, 1.82) is 0 Å². The Morgan fingerprint density at radius 2 is 1.91 bits per heavy atom. The summed E-state index contributed by atoms with van der Waals surface area (Å²) in [6.45, 7) is 0. The first-order valence-electron chi connectivity index (χ1n) is 6.61. The van der Waals surface area contributed by atoms with Crippen LogP contribution in [0, 0.1) is 11.6 Å². The molecule has 0 bridgehead atoms.